The fraction of sp³-hybridized carbons (Fsp3) is 0.692. The van der Waals surface area contributed by atoms with Gasteiger partial charge in [0.25, 0.3) is 0 Å². The molecule has 2 aliphatic rings. The van der Waals surface area contributed by atoms with Crippen molar-refractivity contribution in [1.29, 1.82) is 0 Å². The Bertz CT molecular complexity index is 402. The first kappa shape index (κ1) is 11.7. The standard InChI is InChI=1S/C13H21N5/c14-9-11-4-3-7-18(11)13-8-12(15-10-16-13)17-5-1-2-6-17/h8,10-11H,1-7,9,14H2. The molecule has 0 aromatic carbocycles. The zero-order valence-corrected chi connectivity index (χ0v) is 10.8. The highest BCUT2D eigenvalue weighted by atomic mass is 15.3. The van der Waals surface area contributed by atoms with Gasteiger partial charge in [0.05, 0.1) is 0 Å². The molecule has 2 N–H and O–H groups in total. The minimum atomic E-state index is 0.450. The van der Waals surface area contributed by atoms with Gasteiger partial charge in [0.15, 0.2) is 0 Å². The minimum Gasteiger partial charge on any atom is -0.356 e. The fourth-order valence-electron chi connectivity index (χ4n) is 3.00. The topological polar surface area (TPSA) is 58.3 Å². The number of nitrogens with two attached hydrogens (primary N) is 1. The predicted molar refractivity (Wildman–Crippen MR) is 72.9 cm³/mol. The van der Waals surface area contributed by atoms with Crippen LogP contribution in [0.1, 0.15) is 25.7 Å². The van der Waals surface area contributed by atoms with Gasteiger partial charge in [-0.2, -0.15) is 0 Å². The molecule has 98 valence electrons. The van der Waals surface area contributed by atoms with E-state index in [2.05, 4.69) is 25.8 Å². The van der Waals surface area contributed by atoms with Crippen LogP contribution >= 0.6 is 0 Å². The molecule has 0 bridgehead atoms. The SMILES string of the molecule is NCC1CCCN1c1cc(N2CCCC2)ncn1. The van der Waals surface area contributed by atoms with E-state index in [1.165, 1.54) is 25.7 Å². The lowest BCUT2D eigenvalue weighted by Crippen LogP contribution is -2.36. The maximum absolute atomic E-state index is 5.83. The van der Waals surface area contributed by atoms with Gasteiger partial charge in [-0.25, -0.2) is 9.97 Å². The van der Waals surface area contributed by atoms with Crippen LogP contribution in [0.3, 0.4) is 0 Å². The zero-order chi connectivity index (χ0) is 12.4. The molecule has 1 atom stereocenters. The van der Waals surface area contributed by atoms with E-state index >= 15 is 0 Å². The Hall–Kier alpha value is -1.36. The van der Waals surface area contributed by atoms with E-state index in [4.69, 9.17) is 5.73 Å². The highest BCUT2D eigenvalue weighted by Crippen LogP contribution is 2.26. The normalized spacial score (nSPS) is 23.9. The summed E-state index contributed by atoms with van der Waals surface area (Å²) in [5, 5.41) is 0. The van der Waals surface area contributed by atoms with Gasteiger partial charge in [-0.15, -0.1) is 0 Å². The Morgan fingerprint density at radius 1 is 1.11 bits per heavy atom. The largest absolute Gasteiger partial charge is 0.356 e. The van der Waals surface area contributed by atoms with Gasteiger partial charge >= 0.3 is 0 Å². The maximum Gasteiger partial charge on any atom is 0.134 e. The molecule has 2 aliphatic heterocycles. The number of hydrogen-bond acceptors (Lipinski definition) is 5. The van der Waals surface area contributed by atoms with Gasteiger partial charge in [-0.3, -0.25) is 0 Å². The predicted octanol–water partition coefficient (Wildman–Crippen LogP) is 1.00. The molecule has 2 saturated heterocycles. The molecule has 0 spiro atoms. The maximum atomic E-state index is 5.83. The molecular formula is C13H21N5. The van der Waals surface area contributed by atoms with Crippen LogP contribution < -0.4 is 15.5 Å². The Morgan fingerprint density at radius 2 is 1.89 bits per heavy atom. The molecule has 5 heteroatoms. The van der Waals surface area contributed by atoms with E-state index < -0.39 is 0 Å². The smallest absolute Gasteiger partial charge is 0.134 e. The van der Waals surface area contributed by atoms with Crippen LogP contribution in [0, 0.1) is 0 Å². The van der Waals surface area contributed by atoms with Crippen molar-refractivity contribution in [3.8, 4) is 0 Å². The Morgan fingerprint density at radius 3 is 2.67 bits per heavy atom. The number of rotatable bonds is 3. The van der Waals surface area contributed by atoms with Gasteiger partial charge in [-0.05, 0) is 25.7 Å². The third kappa shape index (κ3) is 2.14. The first-order valence-corrected chi connectivity index (χ1v) is 6.92. The number of aromatic nitrogens is 2. The van der Waals surface area contributed by atoms with Crippen LogP contribution in [0.25, 0.3) is 0 Å². The molecule has 1 aromatic heterocycles. The Labute approximate surface area is 108 Å². The second-order valence-corrected chi connectivity index (χ2v) is 5.15. The molecule has 18 heavy (non-hydrogen) atoms. The third-order valence-electron chi connectivity index (χ3n) is 4.01. The van der Waals surface area contributed by atoms with E-state index in [-0.39, 0.29) is 0 Å². The summed E-state index contributed by atoms with van der Waals surface area (Å²) >= 11 is 0. The van der Waals surface area contributed by atoms with E-state index in [1.807, 2.05) is 0 Å². The Balaban J connectivity index is 1.81. The number of anilines is 2. The quantitative estimate of drug-likeness (QED) is 0.863. The van der Waals surface area contributed by atoms with Crippen molar-refractivity contribution in [3.05, 3.63) is 12.4 Å². The van der Waals surface area contributed by atoms with Gasteiger partial charge in [0, 0.05) is 38.3 Å². The first-order valence-electron chi connectivity index (χ1n) is 6.92. The van der Waals surface area contributed by atoms with Gasteiger partial charge < -0.3 is 15.5 Å². The van der Waals surface area contributed by atoms with Crippen LogP contribution in [-0.4, -0.2) is 42.2 Å². The summed E-state index contributed by atoms with van der Waals surface area (Å²) < 4.78 is 0. The molecule has 0 aliphatic carbocycles. The van der Waals surface area contributed by atoms with Gasteiger partial charge in [0.2, 0.25) is 0 Å². The van der Waals surface area contributed by atoms with Crippen LogP contribution in [0.5, 0.6) is 0 Å². The summed E-state index contributed by atoms with van der Waals surface area (Å²) in [6.45, 7) is 4.02. The molecule has 1 aromatic rings. The van der Waals surface area contributed by atoms with E-state index in [1.54, 1.807) is 6.33 Å². The number of hydrogen-bond donors (Lipinski definition) is 1. The molecule has 3 rings (SSSR count). The lowest BCUT2D eigenvalue weighted by atomic mass is 10.2. The van der Waals surface area contributed by atoms with Crippen molar-refractivity contribution >= 4 is 11.6 Å². The lowest BCUT2D eigenvalue weighted by Gasteiger charge is -2.25. The van der Waals surface area contributed by atoms with Gasteiger partial charge in [-0.1, -0.05) is 0 Å². The van der Waals surface area contributed by atoms with E-state index in [9.17, 15) is 0 Å². The van der Waals surface area contributed by atoms with E-state index in [0.29, 0.717) is 12.6 Å². The van der Waals surface area contributed by atoms with Crippen molar-refractivity contribution in [2.45, 2.75) is 31.7 Å². The second-order valence-electron chi connectivity index (χ2n) is 5.15. The van der Waals surface area contributed by atoms with Crippen molar-refractivity contribution in [2.75, 3.05) is 36.0 Å². The molecule has 0 amide bonds. The average Bonchev–Trinajstić information content (AvgIpc) is 3.10. The summed E-state index contributed by atoms with van der Waals surface area (Å²) in [5.74, 6) is 2.11. The van der Waals surface area contributed by atoms with Crippen molar-refractivity contribution in [1.82, 2.24) is 9.97 Å². The molecule has 1 unspecified atom stereocenters. The number of nitrogens with zero attached hydrogens (tertiary/aromatic N) is 4. The highest BCUT2D eigenvalue weighted by Gasteiger charge is 2.25. The molecular weight excluding hydrogens is 226 g/mol. The summed E-state index contributed by atoms with van der Waals surface area (Å²) in [6.07, 6.45) is 6.63. The summed E-state index contributed by atoms with van der Waals surface area (Å²) in [4.78, 5) is 13.5. The molecule has 5 nitrogen and oxygen atoms in total. The van der Waals surface area contributed by atoms with E-state index in [0.717, 1.165) is 31.3 Å². The minimum absolute atomic E-state index is 0.450. The molecule has 3 heterocycles. The molecule has 0 radical (unpaired) electrons. The summed E-state index contributed by atoms with van der Waals surface area (Å²) in [7, 11) is 0. The summed E-state index contributed by atoms with van der Waals surface area (Å²) in [6, 6.07) is 2.57. The molecule has 2 fully saturated rings. The second kappa shape index (κ2) is 5.10. The van der Waals surface area contributed by atoms with Crippen LogP contribution in [-0.2, 0) is 0 Å². The fourth-order valence-corrected chi connectivity index (χ4v) is 3.00. The van der Waals surface area contributed by atoms with Crippen LogP contribution in [0.2, 0.25) is 0 Å². The first-order chi connectivity index (χ1) is 8.88. The zero-order valence-electron chi connectivity index (χ0n) is 10.8. The van der Waals surface area contributed by atoms with Crippen molar-refractivity contribution in [2.24, 2.45) is 5.73 Å². The van der Waals surface area contributed by atoms with Crippen molar-refractivity contribution < 1.29 is 0 Å². The monoisotopic (exact) mass is 247 g/mol. The average molecular weight is 247 g/mol. The summed E-state index contributed by atoms with van der Waals surface area (Å²) in [5.41, 5.74) is 5.83. The van der Waals surface area contributed by atoms with Crippen LogP contribution in [0.15, 0.2) is 12.4 Å². The van der Waals surface area contributed by atoms with Gasteiger partial charge in [0.1, 0.15) is 18.0 Å². The van der Waals surface area contributed by atoms with Crippen LogP contribution in [0.4, 0.5) is 11.6 Å². The third-order valence-corrected chi connectivity index (χ3v) is 4.01. The van der Waals surface area contributed by atoms with Crippen molar-refractivity contribution in [3.63, 3.8) is 0 Å². The lowest BCUT2D eigenvalue weighted by molar-refractivity contribution is 0.670. The molecule has 0 saturated carbocycles. The Kier molecular flexibility index (Phi) is 3.32. The highest BCUT2D eigenvalue weighted by molar-refractivity contribution is 5.51.